The van der Waals surface area contributed by atoms with E-state index < -0.39 is 0 Å². The Morgan fingerprint density at radius 2 is 0.683 bits per heavy atom. The number of para-hydroxylation sites is 3. The van der Waals surface area contributed by atoms with E-state index in [1.54, 1.807) is 0 Å². The molecule has 0 fully saturated rings. The molecule has 0 aliphatic heterocycles. The summed E-state index contributed by atoms with van der Waals surface area (Å²) < 4.78 is 4.76. The lowest BCUT2D eigenvalue weighted by atomic mass is 9.99. The van der Waals surface area contributed by atoms with Crippen molar-refractivity contribution in [1.29, 1.82) is 0 Å². The van der Waals surface area contributed by atoms with Crippen LogP contribution < -0.4 is 0 Å². The second-order valence-corrected chi connectivity index (χ2v) is 15.2. The van der Waals surface area contributed by atoms with E-state index in [0.29, 0.717) is 17.5 Å². The minimum Gasteiger partial charge on any atom is -0.309 e. The number of aromatic nitrogens is 5. The quantitative estimate of drug-likeness (QED) is 0.169. The van der Waals surface area contributed by atoms with E-state index in [4.69, 9.17) is 15.0 Å². The first-order chi connectivity index (χ1) is 29.8. The summed E-state index contributed by atoms with van der Waals surface area (Å²) in [7, 11) is 0. The van der Waals surface area contributed by atoms with E-state index >= 15 is 0 Å². The van der Waals surface area contributed by atoms with E-state index in [-0.39, 0.29) is 0 Å². The lowest BCUT2D eigenvalue weighted by molar-refractivity contribution is 1.07. The van der Waals surface area contributed by atoms with Crippen LogP contribution in [0.3, 0.4) is 0 Å². The molecule has 0 radical (unpaired) electrons. The molecule has 9 aromatic carbocycles. The van der Waals surface area contributed by atoms with Gasteiger partial charge in [-0.2, -0.15) is 0 Å². The summed E-state index contributed by atoms with van der Waals surface area (Å²) in [5.74, 6) is 1.87. The van der Waals surface area contributed by atoms with Gasteiger partial charge in [0.1, 0.15) is 0 Å². The van der Waals surface area contributed by atoms with Crippen molar-refractivity contribution in [3.63, 3.8) is 0 Å². The third kappa shape index (κ3) is 5.44. The van der Waals surface area contributed by atoms with Gasteiger partial charge in [-0.25, -0.2) is 15.0 Å². The van der Waals surface area contributed by atoms with Crippen LogP contribution in [0.5, 0.6) is 0 Å². The minimum absolute atomic E-state index is 0.623. The normalized spacial score (nSPS) is 11.7. The molecule has 60 heavy (non-hydrogen) atoms. The first kappa shape index (κ1) is 33.9. The molecule has 0 amide bonds. The lowest BCUT2D eigenvalue weighted by Gasteiger charge is -2.16. The molecule has 0 spiro atoms. The Morgan fingerprint density at radius 3 is 1.28 bits per heavy atom. The van der Waals surface area contributed by atoms with Crippen LogP contribution in [0, 0.1) is 0 Å². The molecule has 0 unspecified atom stereocenters. The topological polar surface area (TPSA) is 48.5 Å². The van der Waals surface area contributed by atoms with Crippen LogP contribution in [-0.2, 0) is 0 Å². The highest BCUT2D eigenvalue weighted by Crippen LogP contribution is 2.43. The van der Waals surface area contributed by atoms with Crippen LogP contribution in [0.4, 0.5) is 0 Å². The number of rotatable bonds is 6. The van der Waals surface area contributed by atoms with Gasteiger partial charge in [0.15, 0.2) is 17.5 Å². The van der Waals surface area contributed by atoms with Gasteiger partial charge in [-0.15, -0.1) is 0 Å². The van der Waals surface area contributed by atoms with Crippen LogP contribution in [0.25, 0.3) is 111 Å². The van der Waals surface area contributed by atoms with Crippen molar-refractivity contribution in [3.05, 3.63) is 212 Å². The van der Waals surface area contributed by atoms with E-state index in [1.807, 2.05) is 24.3 Å². The number of hydrogen-bond donors (Lipinski definition) is 0. The van der Waals surface area contributed by atoms with Gasteiger partial charge in [-0.3, -0.25) is 0 Å². The molecule has 0 atom stereocenters. The molecular formula is C55H35N5. The summed E-state index contributed by atoms with van der Waals surface area (Å²) in [6.45, 7) is 0. The fraction of sp³-hybridized carbons (Fsp3) is 0. The Kier molecular flexibility index (Phi) is 7.78. The summed E-state index contributed by atoms with van der Waals surface area (Å²) >= 11 is 0. The molecule has 12 rings (SSSR count). The van der Waals surface area contributed by atoms with Gasteiger partial charge in [0.2, 0.25) is 0 Å². The third-order valence-corrected chi connectivity index (χ3v) is 11.8. The molecular weight excluding hydrogens is 731 g/mol. The summed E-state index contributed by atoms with van der Waals surface area (Å²) in [4.78, 5) is 15.8. The maximum absolute atomic E-state index is 5.37. The molecule has 0 saturated heterocycles. The Bertz CT molecular complexity index is 3510. The maximum Gasteiger partial charge on any atom is 0.166 e. The molecule has 0 aliphatic rings. The van der Waals surface area contributed by atoms with Crippen molar-refractivity contribution in [2.75, 3.05) is 0 Å². The first-order valence-corrected chi connectivity index (χ1v) is 20.3. The second-order valence-electron chi connectivity index (χ2n) is 15.2. The Morgan fingerprint density at radius 1 is 0.283 bits per heavy atom. The smallest absolute Gasteiger partial charge is 0.166 e. The molecule has 12 aromatic rings. The predicted octanol–water partition coefficient (Wildman–Crippen LogP) is 13.9. The van der Waals surface area contributed by atoms with E-state index in [1.165, 1.54) is 32.8 Å². The SMILES string of the molecule is c1ccc(-c2ccc(-c3nc(-c4ccccc4)nc(-c4c5ccccc5cc5c6ccccc6n(-c6ccc(-n7c8ccccc8c8ccccc87)cc6)c45)n3)cc2)cc1. The molecule has 0 N–H and O–H groups in total. The van der Waals surface area contributed by atoms with Gasteiger partial charge < -0.3 is 9.13 Å². The lowest BCUT2D eigenvalue weighted by Crippen LogP contribution is -2.03. The van der Waals surface area contributed by atoms with Crippen LogP contribution in [0.1, 0.15) is 0 Å². The zero-order chi connectivity index (χ0) is 39.6. The average Bonchev–Trinajstić information content (AvgIpc) is 3.84. The minimum atomic E-state index is 0.623. The summed E-state index contributed by atoms with van der Waals surface area (Å²) in [5.41, 5.74) is 11.8. The molecule has 3 heterocycles. The first-order valence-electron chi connectivity index (χ1n) is 20.3. The van der Waals surface area contributed by atoms with E-state index in [9.17, 15) is 0 Å². The van der Waals surface area contributed by atoms with E-state index in [0.717, 1.165) is 60.8 Å². The second kappa shape index (κ2) is 13.8. The zero-order valence-corrected chi connectivity index (χ0v) is 32.4. The molecule has 0 aliphatic carbocycles. The average molecular weight is 766 g/mol. The van der Waals surface area contributed by atoms with Crippen molar-refractivity contribution in [1.82, 2.24) is 24.1 Å². The highest BCUT2D eigenvalue weighted by Gasteiger charge is 2.23. The number of benzene rings is 9. The van der Waals surface area contributed by atoms with Gasteiger partial charge in [0.05, 0.1) is 27.6 Å². The largest absolute Gasteiger partial charge is 0.309 e. The van der Waals surface area contributed by atoms with Crippen molar-refractivity contribution in [3.8, 4) is 56.7 Å². The zero-order valence-electron chi connectivity index (χ0n) is 32.4. The standard InChI is InChI=1S/C55H35N5/c1-3-15-36(16-4-1)37-27-29-39(30-28-37)54-56-53(38-17-5-2-6-18-38)57-55(58-54)51-43-20-8-7-19-40(43)35-47-46-23-11-14-26-50(46)60(52(47)51)42-33-31-41(32-34-42)59-48-24-12-9-21-44(48)45-22-10-13-25-49(45)59/h1-35H. The van der Waals surface area contributed by atoms with Crippen molar-refractivity contribution in [2.45, 2.75) is 0 Å². The van der Waals surface area contributed by atoms with E-state index in [2.05, 4.69) is 197 Å². The fourth-order valence-electron chi connectivity index (χ4n) is 9.01. The van der Waals surface area contributed by atoms with Crippen LogP contribution in [0.2, 0.25) is 0 Å². The molecule has 0 saturated carbocycles. The highest BCUT2D eigenvalue weighted by atomic mass is 15.1. The molecule has 0 bridgehead atoms. The molecule has 5 nitrogen and oxygen atoms in total. The number of hydrogen-bond acceptors (Lipinski definition) is 3. The maximum atomic E-state index is 5.37. The van der Waals surface area contributed by atoms with Crippen LogP contribution in [0.15, 0.2) is 212 Å². The van der Waals surface area contributed by atoms with Crippen LogP contribution >= 0.6 is 0 Å². The molecule has 5 heteroatoms. The van der Waals surface area contributed by atoms with Crippen LogP contribution in [-0.4, -0.2) is 24.1 Å². The van der Waals surface area contributed by atoms with Crippen molar-refractivity contribution in [2.24, 2.45) is 0 Å². The van der Waals surface area contributed by atoms with Gasteiger partial charge in [-0.05, 0) is 70.4 Å². The molecule has 3 aromatic heterocycles. The number of nitrogens with zero attached hydrogens (tertiary/aromatic N) is 5. The predicted molar refractivity (Wildman–Crippen MR) is 248 cm³/mol. The van der Waals surface area contributed by atoms with Crippen molar-refractivity contribution >= 4 is 54.4 Å². The summed E-state index contributed by atoms with van der Waals surface area (Å²) in [6.07, 6.45) is 0. The van der Waals surface area contributed by atoms with Gasteiger partial charge in [-0.1, -0.05) is 164 Å². The Balaban J connectivity index is 1.11. The van der Waals surface area contributed by atoms with Gasteiger partial charge in [0, 0.05) is 44.0 Å². The van der Waals surface area contributed by atoms with Gasteiger partial charge in [0.25, 0.3) is 0 Å². The summed E-state index contributed by atoms with van der Waals surface area (Å²) in [6, 6.07) is 75.0. The summed E-state index contributed by atoms with van der Waals surface area (Å²) in [5, 5.41) is 7.00. The molecule has 280 valence electrons. The Hall–Kier alpha value is -8.15. The Labute approximate surface area is 346 Å². The monoisotopic (exact) mass is 765 g/mol. The van der Waals surface area contributed by atoms with Crippen molar-refractivity contribution < 1.29 is 0 Å². The highest BCUT2D eigenvalue weighted by molar-refractivity contribution is 6.20. The third-order valence-electron chi connectivity index (χ3n) is 11.8. The van der Waals surface area contributed by atoms with Gasteiger partial charge >= 0.3 is 0 Å². The number of fused-ring (bicyclic) bond motifs is 7. The fourth-order valence-corrected chi connectivity index (χ4v) is 9.01.